The van der Waals surface area contributed by atoms with Crippen LogP contribution in [0.5, 0.6) is 0 Å². The molecule has 0 aliphatic carbocycles. The first-order valence-electron chi connectivity index (χ1n) is 6.90. The lowest BCUT2D eigenvalue weighted by Gasteiger charge is -2.10. The van der Waals surface area contributed by atoms with Crippen molar-refractivity contribution in [2.24, 2.45) is 0 Å². The average molecular weight is 438 g/mol. The van der Waals surface area contributed by atoms with Gasteiger partial charge in [-0.05, 0) is 24.6 Å². The van der Waals surface area contributed by atoms with Gasteiger partial charge < -0.3 is 9.47 Å². The lowest BCUT2D eigenvalue weighted by Crippen LogP contribution is -2.16. The molecule has 0 amide bonds. The molecule has 26 heavy (non-hydrogen) atoms. The van der Waals surface area contributed by atoms with E-state index in [1.54, 1.807) is 0 Å². The second-order valence-electron chi connectivity index (χ2n) is 4.91. The minimum atomic E-state index is -4.26. The largest absolute Gasteiger partial charge is 0.465 e. The van der Waals surface area contributed by atoms with Crippen LogP contribution >= 0.6 is 34.5 Å². The van der Waals surface area contributed by atoms with E-state index in [-0.39, 0.29) is 31.7 Å². The molecule has 0 radical (unpaired) electrons. The number of hydrogen-bond acceptors (Lipinski definition) is 7. The zero-order chi connectivity index (χ0) is 19.6. The molecular formula is C15H13Cl2NO6S2. The highest BCUT2D eigenvalue weighted by molar-refractivity contribution is 7.94. The SMILES string of the molecule is COC(=O)c1sc(S(=O)(=O)Nc2cccc(Cl)c2Cl)c(C(=O)OC)c1C. The van der Waals surface area contributed by atoms with Crippen LogP contribution in [0, 0.1) is 6.92 Å². The van der Waals surface area contributed by atoms with Crippen LogP contribution < -0.4 is 4.72 Å². The van der Waals surface area contributed by atoms with Crippen molar-refractivity contribution in [1.29, 1.82) is 0 Å². The smallest absolute Gasteiger partial charge is 0.348 e. The van der Waals surface area contributed by atoms with Crippen molar-refractivity contribution in [3.63, 3.8) is 0 Å². The molecular weight excluding hydrogens is 425 g/mol. The van der Waals surface area contributed by atoms with Crippen molar-refractivity contribution < 1.29 is 27.5 Å². The molecule has 0 aliphatic rings. The number of thiophene rings is 1. The molecule has 2 rings (SSSR count). The summed E-state index contributed by atoms with van der Waals surface area (Å²) in [5, 5.41) is 0.150. The van der Waals surface area contributed by atoms with Crippen LogP contribution in [-0.2, 0) is 19.5 Å². The molecule has 11 heteroatoms. The number of hydrogen-bond donors (Lipinski definition) is 1. The molecule has 1 aromatic carbocycles. The molecule has 0 saturated carbocycles. The van der Waals surface area contributed by atoms with Crippen molar-refractivity contribution in [1.82, 2.24) is 0 Å². The Labute approximate surface area is 163 Å². The number of sulfonamides is 1. The van der Waals surface area contributed by atoms with Crippen LogP contribution in [0.15, 0.2) is 22.4 Å². The number of halogens is 2. The minimum absolute atomic E-state index is 0.00108. The van der Waals surface area contributed by atoms with E-state index in [4.69, 9.17) is 23.2 Å². The van der Waals surface area contributed by atoms with Gasteiger partial charge in [0.15, 0.2) is 4.21 Å². The summed E-state index contributed by atoms with van der Waals surface area (Å²) in [5.74, 6) is -1.66. The van der Waals surface area contributed by atoms with E-state index in [1.165, 1.54) is 25.1 Å². The highest BCUT2D eigenvalue weighted by atomic mass is 35.5. The number of ether oxygens (including phenoxy) is 2. The number of carbonyl (C=O) groups is 2. The molecule has 140 valence electrons. The van der Waals surface area contributed by atoms with Crippen LogP contribution in [0.2, 0.25) is 10.0 Å². The molecule has 2 aromatic rings. The van der Waals surface area contributed by atoms with Gasteiger partial charge in [-0.15, -0.1) is 11.3 Å². The predicted octanol–water partition coefficient (Wildman–Crippen LogP) is 3.74. The predicted molar refractivity (Wildman–Crippen MR) is 99.0 cm³/mol. The molecule has 0 saturated heterocycles. The summed E-state index contributed by atoms with van der Waals surface area (Å²) in [6, 6.07) is 4.41. The Morgan fingerprint density at radius 1 is 1.12 bits per heavy atom. The standard InChI is InChI=1S/C15H13Cl2NO6S2/c1-7-10(13(19)23-2)15(25-12(7)14(20)24-3)26(21,22)18-9-6-4-5-8(16)11(9)17/h4-6,18H,1-3H3. The maximum Gasteiger partial charge on any atom is 0.348 e. The molecule has 0 aliphatic heterocycles. The monoisotopic (exact) mass is 437 g/mol. The molecule has 0 spiro atoms. The first-order valence-corrected chi connectivity index (χ1v) is 9.96. The van der Waals surface area contributed by atoms with Gasteiger partial charge in [0, 0.05) is 0 Å². The van der Waals surface area contributed by atoms with E-state index in [1.807, 2.05) is 0 Å². The highest BCUT2D eigenvalue weighted by Crippen LogP contribution is 2.36. The molecule has 0 bridgehead atoms. The number of nitrogens with one attached hydrogen (secondary N) is 1. The number of methoxy groups -OCH3 is 2. The summed E-state index contributed by atoms with van der Waals surface area (Å²) in [6.07, 6.45) is 0. The topological polar surface area (TPSA) is 98.8 Å². The highest BCUT2D eigenvalue weighted by Gasteiger charge is 2.33. The summed E-state index contributed by atoms with van der Waals surface area (Å²) in [6.45, 7) is 1.43. The fourth-order valence-electron chi connectivity index (χ4n) is 2.08. The summed E-state index contributed by atoms with van der Waals surface area (Å²) in [4.78, 5) is 23.9. The minimum Gasteiger partial charge on any atom is -0.465 e. The molecule has 0 fully saturated rings. The second-order valence-corrected chi connectivity index (χ2v) is 8.59. The second kappa shape index (κ2) is 7.83. The van der Waals surface area contributed by atoms with Crippen LogP contribution in [0.3, 0.4) is 0 Å². The number of esters is 2. The van der Waals surface area contributed by atoms with E-state index in [9.17, 15) is 18.0 Å². The van der Waals surface area contributed by atoms with Gasteiger partial charge in [0.1, 0.15) is 4.88 Å². The van der Waals surface area contributed by atoms with Gasteiger partial charge in [0.2, 0.25) is 0 Å². The third-order valence-corrected chi connectivity index (χ3v) is 7.29. The third-order valence-electron chi connectivity index (χ3n) is 3.31. The van der Waals surface area contributed by atoms with Crippen LogP contribution in [0.4, 0.5) is 5.69 Å². The summed E-state index contributed by atoms with van der Waals surface area (Å²) in [5.41, 5.74) is -0.0736. The van der Waals surface area contributed by atoms with Crippen LogP contribution in [0.1, 0.15) is 25.6 Å². The summed E-state index contributed by atoms with van der Waals surface area (Å²) < 4.78 is 36.8. The third kappa shape index (κ3) is 3.80. The van der Waals surface area contributed by atoms with Gasteiger partial charge >= 0.3 is 11.9 Å². The van der Waals surface area contributed by atoms with Crippen LogP contribution in [-0.4, -0.2) is 34.6 Å². The van der Waals surface area contributed by atoms with E-state index >= 15 is 0 Å². The Morgan fingerprint density at radius 2 is 1.73 bits per heavy atom. The van der Waals surface area contributed by atoms with Gasteiger partial charge in [-0.2, -0.15) is 0 Å². The van der Waals surface area contributed by atoms with Crippen molar-refractivity contribution in [2.75, 3.05) is 18.9 Å². The van der Waals surface area contributed by atoms with Gasteiger partial charge in [0.25, 0.3) is 10.0 Å². The van der Waals surface area contributed by atoms with E-state index in [2.05, 4.69) is 14.2 Å². The van der Waals surface area contributed by atoms with Gasteiger partial charge in [-0.3, -0.25) is 4.72 Å². The average Bonchev–Trinajstić information content (AvgIpc) is 2.95. The van der Waals surface area contributed by atoms with Gasteiger partial charge in [-0.1, -0.05) is 29.3 Å². The Morgan fingerprint density at radius 3 is 2.31 bits per heavy atom. The molecule has 1 heterocycles. The fraction of sp³-hybridized carbons (Fsp3) is 0.200. The van der Waals surface area contributed by atoms with Crippen molar-refractivity contribution in [3.8, 4) is 0 Å². The maximum absolute atomic E-state index is 12.8. The van der Waals surface area contributed by atoms with E-state index in [0.717, 1.165) is 14.2 Å². The van der Waals surface area contributed by atoms with Crippen LogP contribution in [0.25, 0.3) is 0 Å². The normalized spacial score (nSPS) is 11.1. The molecule has 0 atom stereocenters. The first kappa shape index (κ1) is 20.5. The Balaban J connectivity index is 2.63. The lowest BCUT2D eigenvalue weighted by molar-refractivity contribution is 0.0596. The van der Waals surface area contributed by atoms with Crippen molar-refractivity contribution >= 4 is 62.2 Å². The fourth-order valence-corrected chi connectivity index (χ4v) is 5.30. The Hall–Kier alpha value is -1.81. The first-order chi connectivity index (χ1) is 12.1. The number of anilines is 1. The molecule has 1 aromatic heterocycles. The van der Waals surface area contributed by atoms with Gasteiger partial charge in [0.05, 0.1) is 35.5 Å². The van der Waals surface area contributed by atoms with Crippen molar-refractivity contribution in [2.45, 2.75) is 11.1 Å². The van der Waals surface area contributed by atoms with E-state index < -0.39 is 26.2 Å². The summed E-state index contributed by atoms with van der Waals surface area (Å²) >= 11 is 12.5. The maximum atomic E-state index is 12.8. The van der Waals surface area contributed by atoms with Gasteiger partial charge in [-0.25, -0.2) is 18.0 Å². The zero-order valence-electron chi connectivity index (χ0n) is 13.8. The molecule has 0 unspecified atom stereocenters. The number of benzene rings is 1. The summed E-state index contributed by atoms with van der Waals surface area (Å²) in [7, 11) is -2.01. The molecule has 1 N–H and O–H groups in total. The van der Waals surface area contributed by atoms with E-state index in [0.29, 0.717) is 11.3 Å². The Bertz CT molecular complexity index is 984. The number of carbonyl (C=O) groups excluding carboxylic acids is 2. The zero-order valence-corrected chi connectivity index (χ0v) is 16.9. The lowest BCUT2D eigenvalue weighted by atomic mass is 10.2. The van der Waals surface area contributed by atoms with Crippen molar-refractivity contribution in [3.05, 3.63) is 44.2 Å². The molecule has 7 nitrogen and oxygen atoms in total. The number of rotatable bonds is 5. The quantitative estimate of drug-likeness (QED) is 0.715. The Kier molecular flexibility index (Phi) is 6.17.